The summed E-state index contributed by atoms with van der Waals surface area (Å²) in [5, 5.41) is 2.08. The number of aromatic nitrogens is 2. The van der Waals surface area contributed by atoms with Crippen molar-refractivity contribution in [2.75, 3.05) is 0 Å². The summed E-state index contributed by atoms with van der Waals surface area (Å²) < 4.78 is 0. The topological polar surface area (TPSA) is 42.9 Å². The number of aryl methyl sites for hydroxylation is 3. The van der Waals surface area contributed by atoms with Crippen molar-refractivity contribution in [3.05, 3.63) is 143 Å². The van der Waals surface area contributed by atoms with Gasteiger partial charge in [-0.25, -0.2) is 0 Å². The third-order valence-corrected chi connectivity index (χ3v) is 6.91. The Morgan fingerprint density at radius 2 is 1.48 bits per heavy atom. The van der Waals surface area contributed by atoms with Crippen molar-refractivity contribution in [1.82, 2.24) is 9.97 Å². The molecule has 3 nitrogen and oxygen atoms in total. The largest absolute Gasteiger partial charge is 0.304 e. The number of carbonyl (C=O) groups excluding carboxylic acids is 1. The molecule has 2 heterocycles. The third kappa shape index (κ3) is 5.29. The molecule has 0 amide bonds. The summed E-state index contributed by atoms with van der Waals surface area (Å²) in [6.07, 6.45) is 3.68. The van der Waals surface area contributed by atoms with Gasteiger partial charge in [0.1, 0.15) is 0 Å². The summed E-state index contributed by atoms with van der Waals surface area (Å²) in [7, 11) is 0. The molecule has 0 N–H and O–H groups in total. The molecule has 1 aliphatic rings. The van der Waals surface area contributed by atoms with Crippen molar-refractivity contribution in [2.24, 2.45) is 0 Å². The van der Waals surface area contributed by atoms with Crippen LogP contribution in [0.5, 0.6) is 0 Å². The molecule has 1 radical (unpaired) electrons. The van der Waals surface area contributed by atoms with Crippen molar-refractivity contribution >= 4 is 16.6 Å². The molecule has 0 saturated heterocycles. The van der Waals surface area contributed by atoms with Crippen LogP contribution in [0.1, 0.15) is 32.6 Å². The molecule has 0 spiro atoms. The van der Waals surface area contributed by atoms with Crippen molar-refractivity contribution in [3.63, 3.8) is 0 Å². The number of benzene rings is 4. The first kappa shape index (κ1) is 27.3. The number of hydrogen-bond acceptors (Lipinski definition) is 3. The van der Waals surface area contributed by atoms with Crippen molar-refractivity contribution in [1.29, 1.82) is 0 Å². The zero-order valence-corrected chi connectivity index (χ0v) is 24.8. The Hall–Kier alpha value is -4.24. The van der Waals surface area contributed by atoms with Crippen molar-refractivity contribution in [3.8, 4) is 33.6 Å². The Kier molecular flexibility index (Phi) is 7.84. The fourth-order valence-corrected chi connectivity index (χ4v) is 5.11. The quantitative estimate of drug-likeness (QED) is 0.171. The molecule has 0 atom stereocenters. The predicted octanol–water partition coefficient (Wildman–Crippen LogP) is 8.38. The Morgan fingerprint density at radius 3 is 2.20 bits per heavy atom. The number of pyridine rings is 2. The summed E-state index contributed by atoms with van der Waals surface area (Å²) in [5.74, 6) is 0.105. The van der Waals surface area contributed by atoms with Crippen LogP contribution in [-0.2, 0) is 20.1 Å². The van der Waals surface area contributed by atoms with Gasteiger partial charge in [-0.3, -0.25) is 4.79 Å². The van der Waals surface area contributed by atoms with Crippen LogP contribution in [0.15, 0.2) is 103 Å². The second-order valence-electron chi connectivity index (χ2n) is 9.90. The van der Waals surface area contributed by atoms with E-state index in [0.29, 0.717) is 0 Å². The Morgan fingerprint density at radius 1 is 0.675 bits per heavy atom. The molecule has 6 aromatic rings. The Balaban J connectivity index is 0.000000195. The van der Waals surface area contributed by atoms with E-state index in [-0.39, 0.29) is 25.9 Å². The normalized spacial score (nSPS) is 11.2. The van der Waals surface area contributed by atoms with Gasteiger partial charge >= 0.3 is 0 Å². The van der Waals surface area contributed by atoms with Gasteiger partial charge in [-0.15, -0.1) is 70.8 Å². The molecule has 2 aromatic heterocycles. The minimum absolute atomic E-state index is 0. The number of nitrogens with zero attached hydrogens (tertiary/aromatic N) is 2. The molecule has 40 heavy (non-hydrogen) atoms. The van der Waals surface area contributed by atoms with Crippen LogP contribution in [0, 0.1) is 32.9 Å². The molecule has 0 fully saturated rings. The van der Waals surface area contributed by atoms with E-state index < -0.39 is 0 Å². The van der Waals surface area contributed by atoms with Crippen molar-refractivity contribution in [2.45, 2.75) is 20.8 Å². The van der Waals surface area contributed by atoms with E-state index >= 15 is 0 Å². The first-order valence-electron chi connectivity index (χ1n) is 13.0. The van der Waals surface area contributed by atoms with Gasteiger partial charge in [-0.2, -0.15) is 0 Å². The second-order valence-corrected chi connectivity index (χ2v) is 9.90. The van der Waals surface area contributed by atoms with E-state index in [2.05, 4.69) is 53.3 Å². The van der Waals surface area contributed by atoms with Crippen LogP contribution >= 0.6 is 0 Å². The standard InChI is InChI=1S/C24H16NO.C12H10N.Ir/c1-14-9-15(2)11-17(10-14)23-20-13-21-18-5-3-4-6-19(18)24(26)22(21)12-16(20)7-8-25-23;1-10-7-8-12(13-9-10)11-5-3-2-4-6-11;/h3-10,12-13H,1-2H3;2-5,7-9H,1H3;/q2*-1;. The van der Waals surface area contributed by atoms with E-state index in [1.54, 1.807) is 0 Å². The number of rotatable bonds is 2. The van der Waals surface area contributed by atoms with Gasteiger partial charge in [0.05, 0.1) is 0 Å². The summed E-state index contributed by atoms with van der Waals surface area (Å²) >= 11 is 0. The minimum Gasteiger partial charge on any atom is -0.304 e. The van der Waals surface area contributed by atoms with Crippen LogP contribution in [0.2, 0.25) is 0 Å². The molecular formula is C36H26IrN2O-2. The van der Waals surface area contributed by atoms with Gasteiger partial charge in [-0.05, 0) is 57.9 Å². The molecule has 0 aliphatic heterocycles. The summed E-state index contributed by atoms with van der Waals surface area (Å²) in [4.78, 5) is 21.7. The van der Waals surface area contributed by atoms with E-state index in [1.807, 2.05) is 93.0 Å². The van der Waals surface area contributed by atoms with E-state index in [0.717, 1.165) is 61.1 Å². The van der Waals surface area contributed by atoms with Gasteiger partial charge in [0, 0.05) is 43.6 Å². The fourth-order valence-electron chi connectivity index (χ4n) is 5.11. The van der Waals surface area contributed by atoms with E-state index in [4.69, 9.17) is 0 Å². The third-order valence-electron chi connectivity index (χ3n) is 6.91. The average Bonchev–Trinajstić information content (AvgIpc) is 3.23. The molecule has 4 aromatic carbocycles. The molecule has 0 saturated carbocycles. The zero-order chi connectivity index (χ0) is 26.9. The Labute approximate surface area is 248 Å². The monoisotopic (exact) mass is 695 g/mol. The SMILES string of the molecule is Cc1[c-]c(-c2nccc3cc4c(cc23)-c2ccccc2C4=O)cc(C)c1.Cc1ccc(-c2[c-]cccc2)nc1.[Ir]. The van der Waals surface area contributed by atoms with Gasteiger partial charge < -0.3 is 9.97 Å². The molecule has 197 valence electrons. The van der Waals surface area contributed by atoms with E-state index in [1.165, 1.54) is 11.1 Å². The van der Waals surface area contributed by atoms with Gasteiger partial charge in [0.2, 0.25) is 0 Å². The number of fused-ring (bicyclic) bond motifs is 4. The molecule has 0 unspecified atom stereocenters. The number of carbonyl (C=O) groups is 1. The van der Waals surface area contributed by atoms with Crippen LogP contribution in [0.4, 0.5) is 0 Å². The zero-order valence-electron chi connectivity index (χ0n) is 22.5. The van der Waals surface area contributed by atoms with Gasteiger partial charge in [0.15, 0.2) is 5.78 Å². The second kappa shape index (κ2) is 11.5. The number of hydrogen-bond donors (Lipinski definition) is 0. The minimum atomic E-state index is 0. The Bertz CT molecular complexity index is 1820. The maximum absolute atomic E-state index is 12.8. The number of ketones is 1. The molecule has 0 bridgehead atoms. The molecule has 1 aliphatic carbocycles. The average molecular weight is 695 g/mol. The maximum Gasteiger partial charge on any atom is 0.194 e. The summed E-state index contributed by atoms with van der Waals surface area (Å²) in [5.41, 5.74) is 11.0. The maximum atomic E-state index is 12.8. The first-order chi connectivity index (χ1) is 19.0. The smallest absolute Gasteiger partial charge is 0.194 e. The first-order valence-corrected chi connectivity index (χ1v) is 13.0. The molecular weight excluding hydrogens is 669 g/mol. The molecule has 4 heteroatoms. The van der Waals surface area contributed by atoms with Crippen LogP contribution in [-0.4, -0.2) is 15.8 Å². The molecule has 7 rings (SSSR count). The summed E-state index contributed by atoms with van der Waals surface area (Å²) in [6, 6.07) is 36.6. The van der Waals surface area contributed by atoms with Gasteiger partial charge in [-0.1, -0.05) is 56.3 Å². The van der Waals surface area contributed by atoms with Crippen molar-refractivity contribution < 1.29 is 24.9 Å². The van der Waals surface area contributed by atoms with Gasteiger partial charge in [0.25, 0.3) is 0 Å². The summed E-state index contributed by atoms with van der Waals surface area (Å²) in [6.45, 7) is 6.17. The predicted molar refractivity (Wildman–Crippen MR) is 158 cm³/mol. The van der Waals surface area contributed by atoms with Crippen LogP contribution in [0.25, 0.3) is 44.4 Å². The van der Waals surface area contributed by atoms with E-state index in [9.17, 15) is 4.79 Å². The van der Waals surface area contributed by atoms with Crippen LogP contribution in [0.3, 0.4) is 0 Å². The van der Waals surface area contributed by atoms with Crippen LogP contribution < -0.4 is 0 Å². The fraction of sp³-hybridized carbons (Fsp3) is 0.0833.